The van der Waals surface area contributed by atoms with Crippen molar-refractivity contribution in [1.82, 2.24) is 5.32 Å². The number of para-hydroxylation sites is 1. The molecule has 1 aromatic carbocycles. The van der Waals surface area contributed by atoms with Gasteiger partial charge in [-0.1, -0.05) is 18.2 Å². The van der Waals surface area contributed by atoms with Crippen molar-refractivity contribution in [3.8, 4) is 5.75 Å². The van der Waals surface area contributed by atoms with Gasteiger partial charge in [0.1, 0.15) is 18.0 Å². The third kappa shape index (κ3) is 4.02. The van der Waals surface area contributed by atoms with Crippen LogP contribution < -0.4 is 10.1 Å². The molecule has 1 atom stereocenters. The van der Waals surface area contributed by atoms with Gasteiger partial charge >= 0.3 is 0 Å². The average molecular weight is 235 g/mol. The Labute approximate surface area is 103 Å². The van der Waals surface area contributed by atoms with Gasteiger partial charge in [0, 0.05) is 12.6 Å². The molecule has 0 heterocycles. The molecule has 2 rings (SSSR count). The summed E-state index contributed by atoms with van der Waals surface area (Å²) in [6.45, 7) is 4.72. The minimum absolute atomic E-state index is 0.317. The van der Waals surface area contributed by atoms with E-state index in [9.17, 15) is 5.11 Å². The van der Waals surface area contributed by atoms with Crippen LogP contribution in [0.25, 0.3) is 0 Å². The van der Waals surface area contributed by atoms with E-state index in [-0.39, 0.29) is 0 Å². The van der Waals surface area contributed by atoms with E-state index in [1.54, 1.807) is 6.92 Å². The van der Waals surface area contributed by atoms with E-state index < -0.39 is 5.60 Å². The van der Waals surface area contributed by atoms with Crippen LogP contribution in [0.1, 0.15) is 25.3 Å². The number of ether oxygens (including phenoxy) is 1. The molecule has 0 spiro atoms. The molecule has 1 fully saturated rings. The summed E-state index contributed by atoms with van der Waals surface area (Å²) in [5, 5.41) is 13.5. The Bertz CT molecular complexity index is 372. The number of aryl methyl sites for hydroxylation is 1. The van der Waals surface area contributed by atoms with Crippen molar-refractivity contribution in [1.29, 1.82) is 0 Å². The van der Waals surface area contributed by atoms with Crippen LogP contribution in [0, 0.1) is 6.92 Å². The molecular formula is C14H21NO2. The van der Waals surface area contributed by atoms with Crippen LogP contribution in [-0.2, 0) is 0 Å². The lowest BCUT2D eigenvalue weighted by atomic mass is 10.1. The third-order valence-corrected chi connectivity index (χ3v) is 2.98. The van der Waals surface area contributed by atoms with Crippen LogP contribution in [0.3, 0.4) is 0 Å². The Balaban J connectivity index is 1.81. The van der Waals surface area contributed by atoms with Crippen LogP contribution in [0.15, 0.2) is 24.3 Å². The maximum atomic E-state index is 10.2. The molecule has 0 aromatic heterocycles. The van der Waals surface area contributed by atoms with E-state index in [0.717, 1.165) is 11.3 Å². The lowest BCUT2D eigenvalue weighted by molar-refractivity contribution is 0.0118. The van der Waals surface area contributed by atoms with Gasteiger partial charge in [-0.2, -0.15) is 0 Å². The van der Waals surface area contributed by atoms with Gasteiger partial charge in [0.25, 0.3) is 0 Å². The summed E-state index contributed by atoms with van der Waals surface area (Å²) in [6, 6.07) is 8.47. The SMILES string of the molecule is Cc1ccccc1OCC(C)(O)CNC1CC1. The van der Waals surface area contributed by atoms with Gasteiger partial charge in [-0.15, -0.1) is 0 Å². The van der Waals surface area contributed by atoms with E-state index in [1.165, 1.54) is 12.8 Å². The Kier molecular flexibility index (Phi) is 3.69. The Morgan fingerprint density at radius 3 is 2.76 bits per heavy atom. The van der Waals surface area contributed by atoms with Gasteiger partial charge in [-0.05, 0) is 38.3 Å². The van der Waals surface area contributed by atoms with Crippen molar-refractivity contribution < 1.29 is 9.84 Å². The van der Waals surface area contributed by atoms with Gasteiger partial charge in [0.2, 0.25) is 0 Å². The highest BCUT2D eigenvalue weighted by Crippen LogP contribution is 2.20. The molecule has 0 saturated heterocycles. The van der Waals surface area contributed by atoms with Crippen LogP contribution in [0.2, 0.25) is 0 Å². The van der Waals surface area contributed by atoms with Crippen LogP contribution >= 0.6 is 0 Å². The monoisotopic (exact) mass is 235 g/mol. The summed E-state index contributed by atoms with van der Waals surface area (Å²) < 4.78 is 5.66. The Morgan fingerprint density at radius 2 is 2.12 bits per heavy atom. The topological polar surface area (TPSA) is 41.5 Å². The van der Waals surface area contributed by atoms with Crippen molar-refractivity contribution in [3.63, 3.8) is 0 Å². The highest BCUT2D eigenvalue weighted by Gasteiger charge is 2.27. The minimum atomic E-state index is -0.815. The molecule has 0 bridgehead atoms. The second-order valence-corrected chi connectivity index (χ2v) is 5.21. The second kappa shape index (κ2) is 5.07. The molecule has 3 heteroatoms. The van der Waals surface area contributed by atoms with Crippen molar-refractivity contribution in [3.05, 3.63) is 29.8 Å². The lowest BCUT2D eigenvalue weighted by Gasteiger charge is -2.24. The summed E-state index contributed by atoms with van der Waals surface area (Å²) >= 11 is 0. The molecule has 17 heavy (non-hydrogen) atoms. The molecule has 1 aliphatic carbocycles. The van der Waals surface area contributed by atoms with E-state index in [0.29, 0.717) is 19.2 Å². The zero-order valence-corrected chi connectivity index (χ0v) is 10.6. The Hall–Kier alpha value is -1.06. The zero-order valence-electron chi connectivity index (χ0n) is 10.6. The van der Waals surface area contributed by atoms with E-state index in [2.05, 4.69) is 5.32 Å². The molecular weight excluding hydrogens is 214 g/mol. The van der Waals surface area contributed by atoms with Crippen molar-refractivity contribution in [2.75, 3.05) is 13.2 Å². The molecule has 94 valence electrons. The fraction of sp³-hybridized carbons (Fsp3) is 0.571. The molecule has 3 nitrogen and oxygen atoms in total. The molecule has 0 radical (unpaired) electrons. The van der Waals surface area contributed by atoms with Gasteiger partial charge in [0.15, 0.2) is 0 Å². The summed E-state index contributed by atoms with van der Waals surface area (Å²) in [5.74, 6) is 0.846. The number of aliphatic hydroxyl groups is 1. The summed E-state index contributed by atoms with van der Waals surface area (Å²) in [5.41, 5.74) is 0.281. The van der Waals surface area contributed by atoms with Crippen molar-refractivity contribution in [2.24, 2.45) is 0 Å². The second-order valence-electron chi connectivity index (χ2n) is 5.21. The predicted octanol–water partition coefficient (Wildman–Crippen LogP) is 1.88. The number of hydrogen-bond donors (Lipinski definition) is 2. The molecule has 1 aromatic rings. The first-order valence-corrected chi connectivity index (χ1v) is 6.21. The quantitative estimate of drug-likeness (QED) is 0.791. The van der Waals surface area contributed by atoms with Gasteiger partial charge in [-0.25, -0.2) is 0 Å². The first-order chi connectivity index (χ1) is 8.07. The number of nitrogens with one attached hydrogen (secondary N) is 1. The van der Waals surface area contributed by atoms with E-state index in [1.807, 2.05) is 31.2 Å². The summed E-state index contributed by atoms with van der Waals surface area (Å²) in [6.07, 6.45) is 2.46. The number of rotatable bonds is 6. The maximum absolute atomic E-state index is 10.2. The minimum Gasteiger partial charge on any atom is -0.490 e. The molecule has 2 N–H and O–H groups in total. The number of benzene rings is 1. The van der Waals surface area contributed by atoms with Gasteiger partial charge < -0.3 is 15.2 Å². The van der Waals surface area contributed by atoms with E-state index in [4.69, 9.17) is 4.74 Å². The summed E-state index contributed by atoms with van der Waals surface area (Å²) in [7, 11) is 0. The maximum Gasteiger partial charge on any atom is 0.122 e. The molecule has 0 aliphatic heterocycles. The van der Waals surface area contributed by atoms with Crippen LogP contribution in [-0.4, -0.2) is 29.9 Å². The Morgan fingerprint density at radius 1 is 1.41 bits per heavy atom. The molecule has 0 amide bonds. The fourth-order valence-electron chi connectivity index (χ4n) is 1.65. The predicted molar refractivity (Wildman–Crippen MR) is 68.3 cm³/mol. The first kappa shape index (κ1) is 12.4. The van der Waals surface area contributed by atoms with Crippen molar-refractivity contribution in [2.45, 2.75) is 38.3 Å². The van der Waals surface area contributed by atoms with E-state index >= 15 is 0 Å². The average Bonchev–Trinajstić information content (AvgIpc) is 3.09. The highest BCUT2D eigenvalue weighted by atomic mass is 16.5. The smallest absolute Gasteiger partial charge is 0.122 e. The van der Waals surface area contributed by atoms with Crippen LogP contribution in [0.4, 0.5) is 0 Å². The van der Waals surface area contributed by atoms with Crippen LogP contribution in [0.5, 0.6) is 5.75 Å². The largest absolute Gasteiger partial charge is 0.490 e. The number of hydrogen-bond acceptors (Lipinski definition) is 3. The fourth-order valence-corrected chi connectivity index (χ4v) is 1.65. The molecule has 1 aliphatic rings. The third-order valence-electron chi connectivity index (χ3n) is 2.98. The highest BCUT2D eigenvalue weighted by molar-refractivity contribution is 5.31. The summed E-state index contributed by atoms with van der Waals surface area (Å²) in [4.78, 5) is 0. The lowest BCUT2D eigenvalue weighted by Crippen LogP contribution is -2.43. The first-order valence-electron chi connectivity index (χ1n) is 6.21. The normalized spacial score (nSPS) is 18.8. The standard InChI is InChI=1S/C14H21NO2/c1-11-5-3-4-6-13(11)17-10-14(2,16)9-15-12-7-8-12/h3-6,12,15-16H,7-10H2,1-2H3. The molecule has 1 saturated carbocycles. The zero-order chi connectivity index (χ0) is 12.3. The van der Waals surface area contributed by atoms with Gasteiger partial charge in [0.05, 0.1) is 0 Å². The van der Waals surface area contributed by atoms with Gasteiger partial charge in [-0.3, -0.25) is 0 Å². The van der Waals surface area contributed by atoms with Crippen molar-refractivity contribution >= 4 is 0 Å². The molecule has 1 unspecified atom stereocenters.